The Kier molecular flexibility index (Phi) is 3.60. The van der Waals surface area contributed by atoms with Crippen molar-refractivity contribution in [3.8, 4) is 0 Å². The molecule has 0 aromatic heterocycles. The number of rotatable bonds is 4. The summed E-state index contributed by atoms with van der Waals surface area (Å²) < 4.78 is 5.34. The Morgan fingerprint density at radius 3 is 2.40 bits per heavy atom. The van der Waals surface area contributed by atoms with Gasteiger partial charge in [-0.05, 0) is 30.4 Å². The van der Waals surface area contributed by atoms with Gasteiger partial charge < -0.3 is 4.74 Å². The molecule has 1 fully saturated rings. The first-order chi connectivity index (χ1) is 7.30. The van der Waals surface area contributed by atoms with E-state index in [4.69, 9.17) is 16.3 Å². The maximum atomic E-state index is 5.85. The predicted octanol–water partition coefficient (Wildman–Crippen LogP) is 3.31. The molecule has 3 heteroatoms. The Morgan fingerprint density at radius 2 is 2.00 bits per heavy atom. The van der Waals surface area contributed by atoms with Crippen LogP contribution in [0.3, 0.4) is 0 Å². The highest BCUT2D eigenvalue weighted by Crippen LogP contribution is 2.36. The lowest BCUT2D eigenvalue weighted by Crippen LogP contribution is -2.47. The van der Waals surface area contributed by atoms with Crippen LogP contribution in [-0.4, -0.2) is 25.3 Å². The van der Waals surface area contributed by atoms with Crippen molar-refractivity contribution in [3.63, 3.8) is 0 Å². The second-order valence-corrected chi connectivity index (χ2v) is 5.20. The van der Waals surface area contributed by atoms with Gasteiger partial charge in [0.1, 0.15) is 0 Å². The van der Waals surface area contributed by atoms with E-state index in [0.29, 0.717) is 5.88 Å². The minimum Gasteiger partial charge on any atom is -0.379 e. The fraction of sp³-hybridized carbons (Fsp3) is 0.500. The van der Waals surface area contributed by atoms with Crippen LogP contribution in [0.1, 0.15) is 12.0 Å². The SMILES string of the molecule is CSc1ccc(C2(CCCl)COC2)cc1. The molecule has 1 saturated heterocycles. The Balaban J connectivity index is 2.19. The fourth-order valence-corrected chi connectivity index (χ4v) is 2.70. The van der Waals surface area contributed by atoms with E-state index in [2.05, 4.69) is 30.5 Å². The molecule has 0 bridgehead atoms. The van der Waals surface area contributed by atoms with Gasteiger partial charge in [-0.3, -0.25) is 0 Å². The van der Waals surface area contributed by atoms with E-state index in [0.717, 1.165) is 19.6 Å². The third-order valence-electron chi connectivity index (χ3n) is 3.03. The maximum Gasteiger partial charge on any atom is 0.0586 e. The van der Waals surface area contributed by atoms with Crippen LogP contribution in [0.4, 0.5) is 0 Å². The Hall–Kier alpha value is -0.180. The van der Waals surface area contributed by atoms with Gasteiger partial charge in [-0.1, -0.05) is 12.1 Å². The van der Waals surface area contributed by atoms with Gasteiger partial charge in [0.2, 0.25) is 0 Å². The second kappa shape index (κ2) is 4.77. The first-order valence-corrected chi connectivity index (χ1v) is 6.85. The summed E-state index contributed by atoms with van der Waals surface area (Å²) in [7, 11) is 0. The monoisotopic (exact) mass is 242 g/mol. The number of hydrogen-bond acceptors (Lipinski definition) is 2. The zero-order chi connectivity index (χ0) is 10.7. The summed E-state index contributed by atoms with van der Waals surface area (Å²) >= 11 is 7.62. The van der Waals surface area contributed by atoms with Crippen LogP contribution < -0.4 is 0 Å². The predicted molar refractivity (Wildman–Crippen MR) is 66.1 cm³/mol. The third kappa shape index (κ3) is 2.17. The highest BCUT2D eigenvalue weighted by molar-refractivity contribution is 7.98. The Morgan fingerprint density at radius 1 is 1.33 bits per heavy atom. The molecule has 1 aliphatic heterocycles. The Labute approximate surface area is 100 Å². The second-order valence-electron chi connectivity index (χ2n) is 3.94. The molecule has 15 heavy (non-hydrogen) atoms. The summed E-state index contributed by atoms with van der Waals surface area (Å²) in [5.74, 6) is 0.702. The first kappa shape index (κ1) is 11.3. The van der Waals surface area contributed by atoms with Crippen molar-refractivity contribution in [2.24, 2.45) is 0 Å². The molecule has 1 aliphatic rings. The van der Waals surface area contributed by atoms with E-state index < -0.39 is 0 Å². The van der Waals surface area contributed by atoms with Gasteiger partial charge in [0, 0.05) is 16.2 Å². The van der Waals surface area contributed by atoms with Crippen molar-refractivity contribution < 1.29 is 4.74 Å². The van der Waals surface area contributed by atoms with Crippen LogP contribution >= 0.6 is 23.4 Å². The van der Waals surface area contributed by atoms with Crippen molar-refractivity contribution in [2.45, 2.75) is 16.7 Å². The molecule has 82 valence electrons. The van der Waals surface area contributed by atoms with E-state index in [1.165, 1.54) is 10.5 Å². The molecular formula is C12H15ClOS. The molecule has 0 saturated carbocycles. The van der Waals surface area contributed by atoms with Crippen molar-refractivity contribution in [1.29, 1.82) is 0 Å². The number of ether oxygens (including phenoxy) is 1. The van der Waals surface area contributed by atoms with Gasteiger partial charge in [0.15, 0.2) is 0 Å². The minimum absolute atomic E-state index is 0.193. The zero-order valence-electron chi connectivity index (χ0n) is 8.83. The van der Waals surface area contributed by atoms with Gasteiger partial charge >= 0.3 is 0 Å². The van der Waals surface area contributed by atoms with Gasteiger partial charge in [-0.25, -0.2) is 0 Å². The molecule has 0 unspecified atom stereocenters. The van der Waals surface area contributed by atoms with E-state index in [1.807, 2.05) is 0 Å². The van der Waals surface area contributed by atoms with Crippen LogP contribution in [0.15, 0.2) is 29.2 Å². The molecule has 1 aromatic carbocycles. The lowest BCUT2D eigenvalue weighted by atomic mass is 9.76. The smallest absolute Gasteiger partial charge is 0.0586 e. The van der Waals surface area contributed by atoms with Crippen LogP contribution in [-0.2, 0) is 10.2 Å². The molecule has 0 aliphatic carbocycles. The molecule has 0 atom stereocenters. The number of benzene rings is 1. The summed E-state index contributed by atoms with van der Waals surface area (Å²) in [4.78, 5) is 1.31. The van der Waals surface area contributed by atoms with Gasteiger partial charge in [-0.15, -0.1) is 23.4 Å². The highest BCUT2D eigenvalue weighted by Gasteiger charge is 2.39. The standard InChI is InChI=1S/C12H15ClOS/c1-15-11-4-2-10(3-5-11)12(6-7-13)8-14-9-12/h2-5H,6-9H2,1H3. The van der Waals surface area contributed by atoms with Crippen molar-refractivity contribution >= 4 is 23.4 Å². The average molecular weight is 243 g/mol. The summed E-state index contributed by atoms with van der Waals surface area (Å²) in [6.07, 6.45) is 3.10. The Bertz CT molecular complexity index is 319. The quantitative estimate of drug-likeness (QED) is 0.592. The van der Waals surface area contributed by atoms with Crippen molar-refractivity contribution in [1.82, 2.24) is 0 Å². The van der Waals surface area contributed by atoms with Crippen molar-refractivity contribution in [2.75, 3.05) is 25.3 Å². The van der Waals surface area contributed by atoms with E-state index in [-0.39, 0.29) is 5.41 Å². The maximum absolute atomic E-state index is 5.85. The molecular weight excluding hydrogens is 228 g/mol. The van der Waals surface area contributed by atoms with Gasteiger partial charge in [0.25, 0.3) is 0 Å². The molecule has 0 amide bonds. The van der Waals surface area contributed by atoms with Crippen LogP contribution in [0.5, 0.6) is 0 Å². The number of alkyl halides is 1. The zero-order valence-corrected chi connectivity index (χ0v) is 10.4. The third-order valence-corrected chi connectivity index (χ3v) is 3.96. The fourth-order valence-electron chi connectivity index (χ4n) is 1.93. The van der Waals surface area contributed by atoms with E-state index >= 15 is 0 Å². The normalized spacial score (nSPS) is 18.5. The molecule has 1 aromatic rings. The van der Waals surface area contributed by atoms with Crippen LogP contribution in [0.2, 0.25) is 0 Å². The van der Waals surface area contributed by atoms with Gasteiger partial charge in [0.05, 0.1) is 13.2 Å². The van der Waals surface area contributed by atoms with E-state index in [9.17, 15) is 0 Å². The summed E-state index contributed by atoms with van der Waals surface area (Å²) in [5.41, 5.74) is 1.56. The van der Waals surface area contributed by atoms with Gasteiger partial charge in [-0.2, -0.15) is 0 Å². The molecule has 0 spiro atoms. The number of hydrogen-bond donors (Lipinski definition) is 0. The van der Waals surface area contributed by atoms with Crippen molar-refractivity contribution in [3.05, 3.63) is 29.8 Å². The molecule has 1 nitrogen and oxygen atoms in total. The number of halogens is 1. The lowest BCUT2D eigenvalue weighted by molar-refractivity contribution is -0.0615. The number of thioether (sulfide) groups is 1. The topological polar surface area (TPSA) is 9.23 Å². The lowest BCUT2D eigenvalue weighted by Gasteiger charge is -2.41. The van der Waals surface area contributed by atoms with E-state index in [1.54, 1.807) is 11.8 Å². The molecule has 2 rings (SSSR count). The summed E-state index contributed by atoms with van der Waals surface area (Å²) in [5, 5.41) is 0. The van der Waals surface area contributed by atoms with Crippen LogP contribution in [0.25, 0.3) is 0 Å². The molecule has 0 radical (unpaired) electrons. The highest BCUT2D eigenvalue weighted by atomic mass is 35.5. The summed E-state index contributed by atoms with van der Waals surface area (Å²) in [6.45, 7) is 1.64. The first-order valence-electron chi connectivity index (χ1n) is 5.09. The molecule has 0 N–H and O–H groups in total. The van der Waals surface area contributed by atoms with Crippen LogP contribution in [0, 0.1) is 0 Å². The minimum atomic E-state index is 0.193. The summed E-state index contributed by atoms with van der Waals surface area (Å²) in [6, 6.07) is 8.77. The average Bonchev–Trinajstić information content (AvgIpc) is 2.24. The largest absolute Gasteiger partial charge is 0.379 e. The molecule has 1 heterocycles.